The van der Waals surface area contributed by atoms with Gasteiger partial charge in [0.1, 0.15) is 5.75 Å². The molecule has 2 aromatic carbocycles. The van der Waals surface area contributed by atoms with Crippen molar-refractivity contribution in [2.75, 3.05) is 20.7 Å². The minimum Gasteiger partial charge on any atom is -0.482 e. The third-order valence-corrected chi connectivity index (χ3v) is 5.92. The fourth-order valence-electron chi connectivity index (χ4n) is 2.07. The molecular formula is C17H18Cl2N2O4S. The third kappa shape index (κ3) is 5.11. The lowest BCUT2D eigenvalue weighted by Gasteiger charge is -2.15. The number of sulfonamides is 1. The lowest BCUT2D eigenvalue weighted by Crippen LogP contribution is -2.30. The Morgan fingerprint density at radius 3 is 2.54 bits per heavy atom. The summed E-state index contributed by atoms with van der Waals surface area (Å²) in [5, 5.41) is 3.41. The average Bonchev–Trinajstić information content (AvgIpc) is 2.60. The summed E-state index contributed by atoms with van der Waals surface area (Å²) < 4.78 is 31.1. The Labute approximate surface area is 162 Å². The van der Waals surface area contributed by atoms with E-state index in [-0.39, 0.29) is 18.0 Å². The van der Waals surface area contributed by atoms with Crippen LogP contribution >= 0.6 is 23.2 Å². The number of nitrogens with one attached hydrogen (secondary N) is 1. The van der Waals surface area contributed by atoms with Gasteiger partial charge in [-0.25, -0.2) is 12.7 Å². The second-order valence-electron chi connectivity index (χ2n) is 5.54. The van der Waals surface area contributed by atoms with Crippen molar-refractivity contribution in [3.63, 3.8) is 0 Å². The molecule has 140 valence electrons. The van der Waals surface area contributed by atoms with Crippen molar-refractivity contribution in [2.24, 2.45) is 0 Å². The Morgan fingerprint density at radius 1 is 1.15 bits per heavy atom. The van der Waals surface area contributed by atoms with E-state index in [0.29, 0.717) is 21.4 Å². The molecule has 0 radical (unpaired) electrons. The lowest BCUT2D eigenvalue weighted by molar-refractivity contribution is -0.123. The summed E-state index contributed by atoms with van der Waals surface area (Å²) in [5.74, 6) is -0.122. The highest BCUT2D eigenvalue weighted by atomic mass is 35.5. The largest absolute Gasteiger partial charge is 0.482 e. The van der Waals surface area contributed by atoms with Crippen LogP contribution in [0.15, 0.2) is 47.4 Å². The number of rotatable bonds is 7. The second kappa shape index (κ2) is 8.73. The summed E-state index contributed by atoms with van der Waals surface area (Å²) in [6.45, 7) is -0.225. The molecular weight excluding hydrogens is 399 g/mol. The molecule has 0 saturated heterocycles. The van der Waals surface area contributed by atoms with E-state index in [9.17, 15) is 13.2 Å². The maximum Gasteiger partial charge on any atom is 0.258 e. The second-order valence-corrected chi connectivity index (χ2v) is 8.50. The molecule has 0 unspecified atom stereocenters. The van der Waals surface area contributed by atoms with Crippen LogP contribution in [0, 0.1) is 0 Å². The van der Waals surface area contributed by atoms with Crippen LogP contribution in [0.1, 0.15) is 5.56 Å². The number of ether oxygens (including phenoxy) is 1. The molecule has 6 nitrogen and oxygen atoms in total. The zero-order valence-corrected chi connectivity index (χ0v) is 16.5. The fourth-order valence-corrected chi connectivity index (χ4v) is 3.52. The molecule has 0 saturated carbocycles. The van der Waals surface area contributed by atoms with Gasteiger partial charge in [-0.05, 0) is 23.8 Å². The number of carbonyl (C=O) groups is 1. The number of benzene rings is 2. The van der Waals surface area contributed by atoms with Crippen LogP contribution in [0.25, 0.3) is 0 Å². The lowest BCUT2D eigenvalue weighted by atomic mass is 10.2. The van der Waals surface area contributed by atoms with Crippen LogP contribution in [0.5, 0.6) is 5.75 Å². The van der Waals surface area contributed by atoms with E-state index in [4.69, 9.17) is 27.9 Å². The first-order valence-electron chi connectivity index (χ1n) is 7.57. The van der Waals surface area contributed by atoms with Crippen molar-refractivity contribution >= 4 is 39.1 Å². The zero-order chi connectivity index (χ0) is 19.3. The molecule has 0 fully saturated rings. The number of carbonyl (C=O) groups excluding carboxylic acids is 1. The molecule has 1 N–H and O–H groups in total. The Morgan fingerprint density at radius 2 is 1.85 bits per heavy atom. The summed E-state index contributed by atoms with van der Waals surface area (Å²) in [6, 6.07) is 11.2. The van der Waals surface area contributed by atoms with Crippen molar-refractivity contribution in [3.05, 3.63) is 58.1 Å². The first-order valence-corrected chi connectivity index (χ1v) is 9.76. The summed E-state index contributed by atoms with van der Waals surface area (Å²) in [6.07, 6.45) is 0. The van der Waals surface area contributed by atoms with E-state index < -0.39 is 15.9 Å². The Kier molecular flexibility index (Phi) is 6.88. The predicted molar refractivity (Wildman–Crippen MR) is 101 cm³/mol. The van der Waals surface area contributed by atoms with Gasteiger partial charge in [-0.1, -0.05) is 41.4 Å². The van der Waals surface area contributed by atoms with E-state index in [1.165, 1.54) is 26.2 Å². The van der Waals surface area contributed by atoms with Crippen molar-refractivity contribution in [1.29, 1.82) is 0 Å². The molecule has 9 heteroatoms. The van der Waals surface area contributed by atoms with Gasteiger partial charge in [0.25, 0.3) is 5.91 Å². The van der Waals surface area contributed by atoms with Gasteiger partial charge in [0, 0.05) is 31.7 Å². The fraction of sp³-hybridized carbons (Fsp3) is 0.235. The summed E-state index contributed by atoms with van der Waals surface area (Å²) in [5.41, 5.74) is 0.482. The quantitative estimate of drug-likeness (QED) is 0.752. The van der Waals surface area contributed by atoms with Gasteiger partial charge in [0.05, 0.1) is 9.92 Å². The zero-order valence-electron chi connectivity index (χ0n) is 14.2. The van der Waals surface area contributed by atoms with Gasteiger partial charge < -0.3 is 10.1 Å². The smallest absolute Gasteiger partial charge is 0.258 e. The minimum absolute atomic E-state index is 0.0503. The van der Waals surface area contributed by atoms with Crippen molar-refractivity contribution < 1.29 is 17.9 Å². The normalized spacial score (nSPS) is 11.4. The molecule has 0 aromatic heterocycles. The predicted octanol–water partition coefficient (Wildman–Crippen LogP) is 2.94. The van der Waals surface area contributed by atoms with Gasteiger partial charge in [0.2, 0.25) is 10.0 Å². The van der Waals surface area contributed by atoms with Crippen LogP contribution in [-0.4, -0.2) is 39.3 Å². The molecule has 26 heavy (non-hydrogen) atoms. The number of hydrogen-bond donors (Lipinski definition) is 1. The molecule has 0 heterocycles. The number of hydrogen-bond acceptors (Lipinski definition) is 4. The minimum atomic E-state index is -3.60. The van der Waals surface area contributed by atoms with Crippen LogP contribution in [0.2, 0.25) is 10.0 Å². The van der Waals surface area contributed by atoms with Gasteiger partial charge >= 0.3 is 0 Å². The van der Waals surface area contributed by atoms with E-state index in [1.807, 2.05) is 0 Å². The molecule has 0 spiro atoms. The third-order valence-electron chi connectivity index (χ3n) is 3.46. The molecule has 1 amide bonds. The van der Waals surface area contributed by atoms with Crippen LogP contribution in [0.3, 0.4) is 0 Å². The molecule has 0 atom stereocenters. The highest BCUT2D eigenvalue weighted by Crippen LogP contribution is 2.27. The van der Waals surface area contributed by atoms with Gasteiger partial charge in [-0.3, -0.25) is 4.79 Å². The molecule has 0 aliphatic heterocycles. The summed E-state index contributed by atoms with van der Waals surface area (Å²) in [7, 11) is -0.699. The van der Waals surface area contributed by atoms with Crippen molar-refractivity contribution in [1.82, 2.24) is 9.62 Å². The van der Waals surface area contributed by atoms with Gasteiger partial charge in [0.15, 0.2) is 6.61 Å². The van der Waals surface area contributed by atoms with E-state index in [0.717, 1.165) is 4.31 Å². The van der Waals surface area contributed by atoms with Crippen molar-refractivity contribution in [2.45, 2.75) is 11.4 Å². The first kappa shape index (κ1) is 20.5. The van der Waals surface area contributed by atoms with Gasteiger partial charge in [-0.2, -0.15) is 0 Å². The van der Waals surface area contributed by atoms with E-state index in [1.54, 1.807) is 30.3 Å². The molecule has 0 aliphatic rings. The Balaban J connectivity index is 2.01. The first-order chi connectivity index (χ1) is 12.2. The number of nitrogens with zero attached hydrogens (tertiary/aromatic N) is 1. The highest BCUT2D eigenvalue weighted by molar-refractivity contribution is 7.89. The molecule has 2 aromatic rings. The van der Waals surface area contributed by atoms with Crippen molar-refractivity contribution in [3.8, 4) is 5.75 Å². The monoisotopic (exact) mass is 416 g/mol. The topological polar surface area (TPSA) is 75.7 Å². The molecule has 0 bridgehead atoms. The van der Waals surface area contributed by atoms with Crippen LogP contribution in [0.4, 0.5) is 0 Å². The van der Waals surface area contributed by atoms with E-state index in [2.05, 4.69) is 5.32 Å². The van der Waals surface area contributed by atoms with E-state index >= 15 is 0 Å². The maximum absolute atomic E-state index is 12.3. The Hall–Kier alpha value is -1.80. The highest BCUT2D eigenvalue weighted by Gasteiger charge is 2.20. The summed E-state index contributed by atoms with van der Waals surface area (Å²) in [4.78, 5) is 12.2. The maximum atomic E-state index is 12.3. The standard InChI is InChI=1S/C17H18Cl2N2O4S/c1-21(2)26(23,24)16-6-4-3-5-12(16)10-20-17(22)11-25-15-9-13(18)7-8-14(15)19/h3-9H,10-11H2,1-2H3,(H,20,22). The summed E-state index contributed by atoms with van der Waals surface area (Å²) >= 11 is 11.8. The number of amides is 1. The van der Waals surface area contributed by atoms with Crippen LogP contribution < -0.4 is 10.1 Å². The molecule has 0 aliphatic carbocycles. The Bertz CT molecular complexity index is 901. The van der Waals surface area contributed by atoms with Crippen LogP contribution in [-0.2, 0) is 21.4 Å². The number of halogens is 2. The molecule has 2 rings (SSSR count). The van der Waals surface area contributed by atoms with Gasteiger partial charge in [-0.15, -0.1) is 0 Å². The SMILES string of the molecule is CN(C)S(=O)(=O)c1ccccc1CNC(=O)COc1cc(Cl)ccc1Cl. The average molecular weight is 417 g/mol.